The summed E-state index contributed by atoms with van der Waals surface area (Å²) in [5.74, 6) is 0.302. The molecule has 0 unspecified atom stereocenters. The lowest BCUT2D eigenvalue weighted by atomic mass is 10.2. The first kappa shape index (κ1) is 23.3. The summed E-state index contributed by atoms with van der Waals surface area (Å²) in [6.07, 6.45) is 5.40. The Morgan fingerprint density at radius 1 is 0.967 bits per heavy atom. The molecule has 6 nitrogen and oxygen atoms in total. The number of hydrogen-bond acceptors (Lipinski definition) is 4. The number of thioether (sulfide) groups is 1. The van der Waals surface area contributed by atoms with Gasteiger partial charge in [0.1, 0.15) is 11.3 Å². The van der Waals surface area contributed by atoms with Gasteiger partial charge in [-0.05, 0) is 60.9 Å². The second-order valence-electron chi connectivity index (χ2n) is 6.22. The first-order chi connectivity index (χ1) is 14.1. The van der Waals surface area contributed by atoms with E-state index in [1.54, 1.807) is 72.2 Å². The molecule has 2 N–H and O–H groups in total. The number of pyridine rings is 1. The summed E-state index contributed by atoms with van der Waals surface area (Å²) in [4.78, 5) is 25.9. The number of nitrogens with zero attached hydrogens (tertiary/aromatic N) is 1. The van der Waals surface area contributed by atoms with Crippen molar-refractivity contribution in [2.75, 3.05) is 24.0 Å². The van der Waals surface area contributed by atoms with Gasteiger partial charge in [-0.15, -0.1) is 11.8 Å². The Morgan fingerprint density at radius 2 is 1.60 bits per heavy atom. The number of benzene rings is 2. The molecule has 1 aromatic heterocycles. The van der Waals surface area contributed by atoms with Gasteiger partial charge in [-0.3, -0.25) is 9.59 Å². The van der Waals surface area contributed by atoms with E-state index in [0.29, 0.717) is 11.3 Å². The number of rotatable bonds is 7. The van der Waals surface area contributed by atoms with Gasteiger partial charge in [0.15, 0.2) is 12.4 Å². The molecule has 8 heteroatoms. The fourth-order valence-corrected chi connectivity index (χ4v) is 3.08. The third-order valence-corrected chi connectivity index (χ3v) is 4.91. The highest BCUT2D eigenvalue weighted by atomic mass is 35.5. The summed E-state index contributed by atoms with van der Waals surface area (Å²) in [6, 6.07) is 18.2. The Kier molecular flexibility index (Phi) is 8.70. The average molecular weight is 444 g/mol. The summed E-state index contributed by atoms with van der Waals surface area (Å²) in [6.45, 7) is 0.0928. The number of carbonyl (C=O) groups is 2. The van der Waals surface area contributed by atoms with E-state index in [4.69, 9.17) is 4.74 Å². The van der Waals surface area contributed by atoms with E-state index in [2.05, 4.69) is 10.6 Å². The summed E-state index contributed by atoms with van der Waals surface area (Å²) in [5.41, 5.74) is 1.87. The largest absolute Gasteiger partial charge is 1.00 e. The molecule has 1 heterocycles. The molecule has 0 fully saturated rings. The van der Waals surface area contributed by atoms with Crippen LogP contribution in [0.2, 0.25) is 0 Å². The minimum atomic E-state index is -0.230. The van der Waals surface area contributed by atoms with E-state index >= 15 is 0 Å². The topological polar surface area (TPSA) is 71.3 Å². The van der Waals surface area contributed by atoms with E-state index in [-0.39, 0.29) is 30.8 Å². The van der Waals surface area contributed by atoms with Crippen LogP contribution in [0, 0.1) is 0 Å². The van der Waals surface area contributed by atoms with Crippen LogP contribution in [0.3, 0.4) is 0 Å². The number of nitrogens with one attached hydrogen (secondary N) is 2. The third-order valence-electron chi connectivity index (χ3n) is 4.17. The van der Waals surface area contributed by atoms with Gasteiger partial charge in [0.05, 0.1) is 7.11 Å². The van der Waals surface area contributed by atoms with Crippen LogP contribution >= 0.6 is 11.8 Å². The molecule has 2 aromatic carbocycles. The average Bonchev–Trinajstić information content (AvgIpc) is 2.75. The zero-order valence-electron chi connectivity index (χ0n) is 16.6. The first-order valence-electron chi connectivity index (χ1n) is 8.96. The Labute approximate surface area is 186 Å². The van der Waals surface area contributed by atoms with Gasteiger partial charge in [0.25, 0.3) is 11.8 Å². The summed E-state index contributed by atoms with van der Waals surface area (Å²) in [5, 5.41) is 5.69. The zero-order chi connectivity index (χ0) is 20.6. The molecule has 0 aliphatic carbocycles. The highest BCUT2D eigenvalue weighted by Gasteiger charge is 2.14. The number of aromatic nitrogens is 1. The number of halogens is 1. The number of anilines is 2. The van der Waals surface area contributed by atoms with Crippen LogP contribution in [-0.4, -0.2) is 25.2 Å². The lowest BCUT2D eigenvalue weighted by Crippen LogP contribution is -3.00. The molecule has 0 atom stereocenters. The van der Waals surface area contributed by atoms with Crippen molar-refractivity contribution in [3.8, 4) is 5.75 Å². The molecule has 0 bridgehead atoms. The van der Waals surface area contributed by atoms with E-state index < -0.39 is 0 Å². The maximum Gasteiger partial charge on any atom is 0.290 e. The monoisotopic (exact) mass is 443 g/mol. The van der Waals surface area contributed by atoms with Crippen molar-refractivity contribution in [3.63, 3.8) is 0 Å². The smallest absolute Gasteiger partial charge is 0.290 e. The second-order valence-corrected chi connectivity index (χ2v) is 7.10. The van der Waals surface area contributed by atoms with E-state index in [0.717, 1.165) is 16.3 Å². The maximum atomic E-state index is 12.5. The lowest BCUT2D eigenvalue weighted by molar-refractivity contribution is -0.684. The van der Waals surface area contributed by atoms with Crippen molar-refractivity contribution in [2.24, 2.45) is 0 Å². The van der Waals surface area contributed by atoms with Crippen molar-refractivity contribution in [1.82, 2.24) is 0 Å². The van der Waals surface area contributed by atoms with Crippen LogP contribution in [0.25, 0.3) is 0 Å². The zero-order valence-corrected chi connectivity index (χ0v) is 18.2. The third kappa shape index (κ3) is 6.50. The number of amides is 2. The van der Waals surface area contributed by atoms with Gasteiger partial charge in [0, 0.05) is 22.3 Å². The van der Waals surface area contributed by atoms with Gasteiger partial charge < -0.3 is 27.8 Å². The van der Waals surface area contributed by atoms with Crippen LogP contribution in [0.4, 0.5) is 11.4 Å². The quantitative estimate of drug-likeness (QED) is 0.414. The van der Waals surface area contributed by atoms with Gasteiger partial charge in [-0.2, -0.15) is 4.57 Å². The van der Waals surface area contributed by atoms with Crippen LogP contribution in [0.1, 0.15) is 10.4 Å². The van der Waals surface area contributed by atoms with Gasteiger partial charge in [-0.25, -0.2) is 0 Å². The summed E-state index contributed by atoms with van der Waals surface area (Å²) >= 11 is 1.64. The van der Waals surface area contributed by atoms with Crippen LogP contribution < -0.4 is 32.3 Å². The van der Waals surface area contributed by atoms with Crippen LogP contribution in [-0.2, 0) is 11.3 Å². The highest BCUT2D eigenvalue weighted by Crippen LogP contribution is 2.18. The van der Waals surface area contributed by atoms with Gasteiger partial charge in [-0.1, -0.05) is 0 Å². The normalized spacial score (nSPS) is 9.93. The molecule has 0 aliphatic heterocycles. The lowest BCUT2D eigenvalue weighted by Gasteiger charge is -2.06. The molecule has 156 valence electrons. The van der Waals surface area contributed by atoms with Gasteiger partial charge in [0.2, 0.25) is 6.54 Å². The van der Waals surface area contributed by atoms with Crippen molar-refractivity contribution in [3.05, 3.63) is 78.6 Å². The molecule has 0 radical (unpaired) electrons. The van der Waals surface area contributed by atoms with Crippen molar-refractivity contribution < 1.29 is 31.3 Å². The Morgan fingerprint density at radius 3 is 2.23 bits per heavy atom. The van der Waals surface area contributed by atoms with Gasteiger partial charge >= 0.3 is 0 Å². The molecule has 3 rings (SSSR count). The SMILES string of the molecule is COc1ccc(NC(=O)C[n+]2cccc(C(=O)Nc3ccc(SC)cc3)c2)cc1.[Cl-]. The van der Waals surface area contributed by atoms with Crippen LogP contribution in [0.15, 0.2) is 78.0 Å². The molecule has 0 saturated heterocycles. The minimum absolute atomic E-state index is 0. The number of hydrogen-bond donors (Lipinski definition) is 2. The molecule has 3 aromatic rings. The standard InChI is InChI=1S/C22H21N3O3S.ClH/c1-28-19-9-5-17(6-10-19)23-21(26)15-25-13-3-4-16(14-25)22(27)24-18-7-11-20(29-2)12-8-18;/h3-14H,15H2,1-2H3,(H-,23,24,26,27);1H. The summed E-state index contributed by atoms with van der Waals surface area (Å²) < 4.78 is 6.77. The minimum Gasteiger partial charge on any atom is -1.00 e. The Bertz CT molecular complexity index is 995. The fourth-order valence-electron chi connectivity index (χ4n) is 2.67. The molecule has 0 saturated carbocycles. The van der Waals surface area contributed by atoms with E-state index in [9.17, 15) is 9.59 Å². The molecular formula is C22H22ClN3O3S. The van der Waals surface area contributed by atoms with E-state index in [1.807, 2.05) is 30.5 Å². The predicted octanol–water partition coefficient (Wildman–Crippen LogP) is 0.600. The second kappa shape index (κ2) is 11.2. The molecule has 2 amide bonds. The fraction of sp³-hybridized carbons (Fsp3) is 0.136. The molecule has 0 aliphatic rings. The number of methoxy groups -OCH3 is 1. The van der Waals surface area contributed by atoms with Crippen molar-refractivity contribution in [1.29, 1.82) is 0 Å². The van der Waals surface area contributed by atoms with E-state index in [1.165, 1.54) is 0 Å². The predicted molar refractivity (Wildman–Crippen MR) is 114 cm³/mol. The molecule has 30 heavy (non-hydrogen) atoms. The highest BCUT2D eigenvalue weighted by molar-refractivity contribution is 7.98. The Hall–Kier alpha value is -3.03. The van der Waals surface area contributed by atoms with Crippen LogP contribution in [0.5, 0.6) is 5.75 Å². The summed E-state index contributed by atoms with van der Waals surface area (Å²) in [7, 11) is 1.59. The Balaban J connectivity index is 0.00000320. The number of carbonyl (C=O) groups excluding carboxylic acids is 2. The maximum absolute atomic E-state index is 12.5. The van der Waals surface area contributed by atoms with Crippen molar-refractivity contribution >= 4 is 35.0 Å². The van der Waals surface area contributed by atoms with Crippen molar-refractivity contribution in [2.45, 2.75) is 11.4 Å². The molecular weight excluding hydrogens is 422 g/mol. The molecule has 0 spiro atoms. The number of ether oxygens (including phenoxy) is 1. The first-order valence-corrected chi connectivity index (χ1v) is 10.2.